The molecule has 40 heavy (non-hydrogen) atoms. The van der Waals surface area contributed by atoms with Crippen LogP contribution in [0.4, 0.5) is 8.78 Å². The van der Waals surface area contributed by atoms with E-state index in [1.807, 2.05) is 48.5 Å². The first-order valence-electron chi connectivity index (χ1n) is 13.0. The summed E-state index contributed by atoms with van der Waals surface area (Å²) in [5.74, 6) is -0.957. The van der Waals surface area contributed by atoms with Crippen LogP contribution < -0.4 is 0 Å². The molecular formula is C31H25B2Cl2F2NO2. The number of aromatic carboxylic acids is 1. The number of aryl methyl sites for hydroxylation is 1. The Morgan fingerprint density at radius 1 is 1.00 bits per heavy atom. The highest BCUT2D eigenvalue weighted by molar-refractivity contribution is 6.40. The van der Waals surface area contributed by atoms with E-state index >= 15 is 0 Å². The molecule has 3 aromatic rings. The summed E-state index contributed by atoms with van der Waals surface area (Å²) in [5, 5.41) is 9.14. The number of fused-ring (bicyclic) bond motifs is 1. The minimum Gasteiger partial charge on any atom is -0.478 e. The molecule has 0 atom stereocenters. The van der Waals surface area contributed by atoms with Crippen molar-refractivity contribution in [1.82, 2.24) is 4.90 Å². The SMILES string of the molecule is [B]C([B])(CC(F)F)N1CC(=Cc2ccc(C3=C(c4ccc(Cl)cc4Cl)CCCc4cc(C(=O)O)ccc43)cc2)C1. The topological polar surface area (TPSA) is 40.5 Å². The van der Waals surface area contributed by atoms with E-state index in [0.29, 0.717) is 23.1 Å². The molecule has 2 aliphatic rings. The molecule has 1 aliphatic heterocycles. The summed E-state index contributed by atoms with van der Waals surface area (Å²) in [7, 11) is 11.8. The van der Waals surface area contributed by atoms with E-state index in [9.17, 15) is 18.7 Å². The van der Waals surface area contributed by atoms with Gasteiger partial charge in [-0.1, -0.05) is 65.7 Å². The Hall–Kier alpha value is -2.86. The molecule has 0 amide bonds. The number of carboxylic acid groups (broad SMARTS) is 1. The first kappa shape index (κ1) is 28.7. The first-order valence-corrected chi connectivity index (χ1v) is 13.7. The van der Waals surface area contributed by atoms with Gasteiger partial charge in [-0.25, -0.2) is 13.6 Å². The Kier molecular flexibility index (Phi) is 8.28. The molecule has 200 valence electrons. The third-order valence-corrected chi connectivity index (χ3v) is 8.03. The van der Waals surface area contributed by atoms with Crippen molar-refractivity contribution in [3.05, 3.63) is 110 Å². The molecule has 3 nitrogen and oxygen atoms in total. The number of alkyl halides is 2. The van der Waals surface area contributed by atoms with E-state index in [1.165, 1.54) is 0 Å². The summed E-state index contributed by atoms with van der Waals surface area (Å²) in [4.78, 5) is 13.3. The molecule has 5 rings (SSSR count). The molecule has 1 heterocycles. The fraction of sp³-hybridized carbons (Fsp3) is 0.258. The second kappa shape index (κ2) is 11.6. The molecule has 1 N–H and O–H groups in total. The molecule has 9 heteroatoms. The summed E-state index contributed by atoms with van der Waals surface area (Å²) >= 11 is 12.9. The zero-order valence-corrected chi connectivity index (χ0v) is 23.2. The molecule has 0 aromatic heterocycles. The van der Waals surface area contributed by atoms with E-state index in [1.54, 1.807) is 23.1 Å². The normalized spacial score (nSPS) is 16.0. The van der Waals surface area contributed by atoms with Crippen molar-refractivity contribution in [3.8, 4) is 0 Å². The van der Waals surface area contributed by atoms with E-state index in [4.69, 9.17) is 38.9 Å². The van der Waals surface area contributed by atoms with Gasteiger partial charge >= 0.3 is 5.97 Å². The van der Waals surface area contributed by atoms with Gasteiger partial charge in [-0.15, -0.1) is 0 Å². The third kappa shape index (κ3) is 6.07. The number of allylic oxidation sites excluding steroid dienone is 1. The zero-order valence-electron chi connectivity index (χ0n) is 21.6. The molecule has 1 fully saturated rings. The fourth-order valence-electron chi connectivity index (χ4n) is 5.44. The van der Waals surface area contributed by atoms with Crippen LogP contribution in [0.15, 0.2) is 66.2 Å². The van der Waals surface area contributed by atoms with Gasteiger partial charge in [0.05, 0.1) is 21.3 Å². The van der Waals surface area contributed by atoms with Crippen LogP contribution in [0.5, 0.6) is 0 Å². The van der Waals surface area contributed by atoms with Gasteiger partial charge in [0.25, 0.3) is 0 Å². The molecular weight excluding hydrogens is 549 g/mol. The number of benzene rings is 3. The zero-order chi connectivity index (χ0) is 28.6. The number of nitrogens with zero attached hydrogens (tertiary/aromatic N) is 1. The van der Waals surface area contributed by atoms with Gasteiger partial charge in [0.15, 0.2) is 0 Å². The lowest BCUT2D eigenvalue weighted by atomic mass is 9.57. The number of likely N-dealkylation sites (tertiary alicyclic amines) is 1. The predicted octanol–water partition coefficient (Wildman–Crippen LogP) is 7.33. The van der Waals surface area contributed by atoms with Gasteiger partial charge in [0.2, 0.25) is 6.43 Å². The van der Waals surface area contributed by atoms with Crippen molar-refractivity contribution in [2.45, 2.75) is 37.4 Å². The summed E-state index contributed by atoms with van der Waals surface area (Å²) in [6.07, 6.45) is 1.20. The van der Waals surface area contributed by atoms with Gasteiger partial charge in [-0.3, -0.25) is 0 Å². The molecule has 0 bridgehead atoms. The Bertz CT molecular complexity index is 1510. The maximum Gasteiger partial charge on any atom is 0.335 e. The van der Waals surface area contributed by atoms with Gasteiger partial charge in [-0.2, -0.15) is 0 Å². The molecule has 3 aromatic carbocycles. The highest BCUT2D eigenvalue weighted by atomic mass is 35.5. The Morgan fingerprint density at radius 3 is 2.35 bits per heavy atom. The molecule has 0 saturated carbocycles. The van der Waals surface area contributed by atoms with Gasteiger partial charge < -0.3 is 10.0 Å². The number of carbonyl (C=O) groups is 1. The Labute approximate surface area is 245 Å². The van der Waals surface area contributed by atoms with Crippen LogP contribution in [0.25, 0.3) is 17.2 Å². The van der Waals surface area contributed by atoms with Crippen LogP contribution in [-0.4, -0.2) is 56.5 Å². The van der Waals surface area contributed by atoms with Crippen molar-refractivity contribution >= 4 is 62.1 Å². The standard InChI is InChI=1S/C31H25B2Cl2F2NO2/c32-31(33,15-28(36)37)38-16-19(17-38)12-18-4-6-20(7-5-18)29-24-10-8-22(30(39)40)13-21(24)2-1-3-26(29)25-11-9-23(34)14-27(25)35/h4-14,28H,1-3,15-17H2,(H,39,40). The fourth-order valence-corrected chi connectivity index (χ4v) is 5.96. The van der Waals surface area contributed by atoms with E-state index in [-0.39, 0.29) is 5.56 Å². The maximum absolute atomic E-state index is 12.8. The molecule has 1 aliphatic carbocycles. The lowest BCUT2D eigenvalue weighted by Gasteiger charge is -2.47. The summed E-state index contributed by atoms with van der Waals surface area (Å²) < 4.78 is 25.6. The molecule has 0 unspecified atom stereocenters. The van der Waals surface area contributed by atoms with Crippen molar-refractivity contribution in [2.75, 3.05) is 13.1 Å². The largest absolute Gasteiger partial charge is 0.478 e. The van der Waals surface area contributed by atoms with E-state index in [0.717, 1.165) is 63.8 Å². The second-order valence-electron chi connectivity index (χ2n) is 10.4. The number of rotatable bonds is 7. The first-order chi connectivity index (χ1) is 19.0. The average molecular weight is 574 g/mol. The highest BCUT2D eigenvalue weighted by Gasteiger charge is 2.34. The van der Waals surface area contributed by atoms with Crippen LogP contribution in [0.3, 0.4) is 0 Å². The number of halogens is 4. The van der Waals surface area contributed by atoms with Gasteiger partial charge in [0.1, 0.15) is 0 Å². The van der Waals surface area contributed by atoms with Crippen LogP contribution in [0.1, 0.15) is 57.4 Å². The lowest BCUT2D eigenvalue weighted by molar-refractivity contribution is 0.0696. The summed E-state index contributed by atoms with van der Waals surface area (Å²) in [6, 6.07) is 18.9. The second-order valence-corrected chi connectivity index (χ2v) is 11.2. The average Bonchev–Trinajstić information content (AvgIpc) is 3.04. The van der Waals surface area contributed by atoms with Crippen LogP contribution in [0.2, 0.25) is 10.0 Å². The third-order valence-electron chi connectivity index (χ3n) is 7.48. The van der Waals surface area contributed by atoms with Crippen molar-refractivity contribution < 1.29 is 18.7 Å². The highest BCUT2D eigenvalue weighted by Crippen LogP contribution is 2.42. The number of hydrogen-bond donors (Lipinski definition) is 1. The van der Waals surface area contributed by atoms with Crippen LogP contribution >= 0.6 is 23.2 Å². The minimum absolute atomic E-state index is 0.259. The van der Waals surface area contributed by atoms with Crippen LogP contribution in [-0.2, 0) is 6.42 Å². The number of hydrogen-bond acceptors (Lipinski definition) is 2. The van der Waals surface area contributed by atoms with E-state index < -0.39 is 24.2 Å². The molecule has 4 radical (unpaired) electrons. The van der Waals surface area contributed by atoms with Gasteiger partial charge in [-0.05, 0) is 93.4 Å². The minimum atomic E-state index is -2.57. The molecule has 0 spiro atoms. The van der Waals surface area contributed by atoms with E-state index in [2.05, 4.69) is 0 Å². The Morgan fingerprint density at radius 2 is 1.70 bits per heavy atom. The van der Waals surface area contributed by atoms with Crippen molar-refractivity contribution in [1.29, 1.82) is 0 Å². The van der Waals surface area contributed by atoms with Crippen LogP contribution in [0, 0.1) is 0 Å². The quantitative estimate of drug-likeness (QED) is 0.301. The smallest absolute Gasteiger partial charge is 0.335 e. The predicted molar refractivity (Wildman–Crippen MR) is 160 cm³/mol. The summed E-state index contributed by atoms with van der Waals surface area (Å²) in [5.41, 5.74) is 8.19. The van der Waals surface area contributed by atoms with Crippen molar-refractivity contribution in [3.63, 3.8) is 0 Å². The van der Waals surface area contributed by atoms with Crippen molar-refractivity contribution in [2.24, 2.45) is 0 Å². The lowest BCUT2D eigenvalue weighted by Crippen LogP contribution is -2.58. The monoisotopic (exact) mass is 573 g/mol. The molecule has 1 saturated heterocycles. The summed E-state index contributed by atoms with van der Waals surface area (Å²) in [6.45, 7) is 0.871. The van der Waals surface area contributed by atoms with Gasteiger partial charge in [0, 0.05) is 29.6 Å². The maximum atomic E-state index is 12.8. The number of carboxylic acids is 1. The Balaban J connectivity index is 1.51.